The second-order valence-electron chi connectivity index (χ2n) is 2.87. The van der Waals surface area contributed by atoms with Crippen LogP contribution in [-0.2, 0) is 23.1 Å². The van der Waals surface area contributed by atoms with Crippen LogP contribution in [-0.4, -0.2) is 24.3 Å². The summed E-state index contributed by atoms with van der Waals surface area (Å²) in [6.45, 7) is 4.21. The molecule has 1 aromatic heterocycles. The minimum Gasteiger partial charge on any atom is -0.548 e. The highest BCUT2D eigenvalue weighted by atomic mass is 16.5. The van der Waals surface area contributed by atoms with Crippen LogP contribution in [0, 0.1) is 0 Å². The van der Waals surface area contributed by atoms with Gasteiger partial charge in [0.1, 0.15) is 18.9 Å². The smallest absolute Gasteiger partial charge is 0.243 e. The lowest BCUT2D eigenvalue weighted by Crippen LogP contribution is -2.26. The number of carbonyl (C=O) groups excluding carboxylic acids is 1. The number of imidazole rings is 1. The van der Waals surface area contributed by atoms with Crippen LogP contribution in [0.4, 0.5) is 0 Å². The summed E-state index contributed by atoms with van der Waals surface area (Å²) in [6, 6.07) is 0. The first-order valence-electron chi connectivity index (χ1n) is 4.40. The molecule has 0 aromatic carbocycles. The van der Waals surface area contributed by atoms with Crippen LogP contribution in [0.1, 0.15) is 0 Å². The lowest BCUT2D eigenvalue weighted by molar-refractivity contribution is -0.671. The Morgan fingerprint density at radius 2 is 2.40 bits per heavy atom. The molecule has 1 aromatic rings. The fraction of sp³-hybridized carbons (Fsp3) is 0.400. The minimum absolute atomic E-state index is 0.319. The van der Waals surface area contributed by atoms with E-state index in [9.17, 15) is 9.90 Å². The van der Waals surface area contributed by atoms with Gasteiger partial charge in [0.05, 0.1) is 19.6 Å². The van der Waals surface area contributed by atoms with Gasteiger partial charge in [0.2, 0.25) is 6.33 Å². The first kappa shape index (κ1) is 13.4. The molecule has 0 fully saturated rings. The number of aromatic nitrogens is 2. The highest BCUT2D eigenvalue weighted by Gasteiger charge is 1.93. The number of rotatable bonds is 4. The standard InChI is InChI=1S/C7H11N2.C3H6O3/c1-3-4-9-6-5-8(2)7-9;1-6-2-3(4)5/h3,5-7H,1,4H2,2H3;2H2,1H3,(H,4,5)/q+1;/p-1. The van der Waals surface area contributed by atoms with E-state index in [1.54, 1.807) is 0 Å². The molecule has 5 heteroatoms. The summed E-state index contributed by atoms with van der Waals surface area (Å²) in [5.74, 6) is -1.18. The Bertz CT molecular complexity index is 307. The van der Waals surface area contributed by atoms with Crippen molar-refractivity contribution in [2.45, 2.75) is 6.54 Å². The molecule has 0 unspecified atom stereocenters. The van der Waals surface area contributed by atoms with Crippen molar-refractivity contribution >= 4 is 5.97 Å². The number of allylic oxidation sites excluding steroid dienone is 1. The van der Waals surface area contributed by atoms with Crippen molar-refractivity contribution in [2.24, 2.45) is 7.05 Å². The average molecular weight is 212 g/mol. The van der Waals surface area contributed by atoms with Gasteiger partial charge >= 0.3 is 0 Å². The summed E-state index contributed by atoms with van der Waals surface area (Å²) in [5.41, 5.74) is 0. The molecule has 1 rings (SSSR count). The summed E-state index contributed by atoms with van der Waals surface area (Å²) in [4.78, 5) is 9.36. The molecular weight excluding hydrogens is 196 g/mol. The number of nitrogens with zero attached hydrogens (tertiary/aromatic N) is 2. The number of carboxylic acids is 1. The molecule has 0 bridgehead atoms. The molecule has 0 saturated heterocycles. The predicted octanol–water partition coefficient (Wildman–Crippen LogP) is -1.12. The molecule has 0 saturated carbocycles. The molecule has 5 nitrogen and oxygen atoms in total. The Morgan fingerprint density at radius 3 is 2.67 bits per heavy atom. The van der Waals surface area contributed by atoms with E-state index < -0.39 is 5.97 Å². The third-order valence-electron chi connectivity index (χ3n) is 1.43. The predicted molar refractivity (Wildman–Crippen MR) is 52.7 cm³/mol. The number of carbonyl (C=O) groups is 1. The molecule has 1 heterocycles. The van der Waals surface area contributed by atoms with E-state index >= 15 is 0 Å². The molecule has 0 aliphatic rings. The maximum Gasteiger partial charge on any atom is 0.243 e. The van der Waals surface area contributed by atoms with Gasteiger partial charge in [0.15, 0.2) is 0 Å². The topological polar surface area (TPSA) is 58.2 Å². The number of methoxy groups -OCH3 is 1. The Kier molecular flexibility index (Phi) is 6.92. The minimum atomic E-state index is -1.18. The first-order chi connectivity index (χ1) is 7.10. The number of hydrogen-bond donors (Lipinski definition) is 0. The normalized spacial score (nSPS) is 8.93. The van der Waals surface area contributed by atoms with Crippen molar-refractivity contribution in [2.75, 3.05) is 13.7 Å². The van der Waals surface area contributed by atoms with Gasteiger partial charge in [-0.1, -0.05) is 12.7 Å². The van der Waals surface area contributed by atoms with Gasteiger partial charge in [-0.05, 0) is 0 Å². The Hall–Kier alpha value is -1.62. The van der Waals surface area contributed by atoms with Crippen LogP contribution in [0.2, 0.25) is 0 Å². The van der Waals surface area contributed by atoms with E-state index in [1.807, 2.05) is 36.4 Å². The van der Waals surface area contributed by atoms with Crippen LogP contribution < -0.4 is 9.67 Å². The summed E-state index contributed by atoms with van der Waals surface area (Å²) in [6.07, 6.45) is 7.91. The largest absolute Gasteiger partial charge is 0.548 e. The van der Waals surface area contributed by atoms with Gasteiger partial charge in [0, 0.05) is 7.11 Å². The maximum absolute atomic E-state index is 9.36. The van der Waals surface area contributed by atoms with Gasteiger partial charge in [0.25, 0.3) is 0 Å². The molecule has 0 spiro atoms. The van der Waals surface area contributed by atoms with E-state index in [-0.39, 0.29) is 6.61 Å². The fourth-order valence-electron chi connectivity index (χ4n) is 0.877. The Labute approximate surface area is 89.2 Å². The number of ether oxygens (including phenoxy) is 1. The molecule has 0 N–H and O–H groups in total. The monoisotopic (exact) mass is 212 g/mol. The zero-order valence-electron chi connectivity index (χ0n) is 9.05. The van der Waals surface area contributed by atoms with Gasteiger partial charge < -0.3 is 14.6 Å². The van der Waals surface area contributed by atoms with Crippen LogP contribution in [0.15, 0.2) is 31.4 Å². The summed E-state index contributed by atoms with van der Waals surface area (Å²) >= 11 is 0. The third-order valence-corrected chi connectivity index (χ3v) is 1.43. The van der Waals surface area contributed by atoms with E-state index in [0.717, 1.165) is 6.54 Å². The zero-order chi connectivity index (χ0) is 11.7. The molecule has 0 radical (unpaired) electrons. The Balaban J connectivity index is 0.000000288. The molecule has 0 atom stereocenters. The van der Waals surface area contributed by atoms with Gasteiger partial charge in [-0.3, -0.25) is 0 Å². The zero-order valence-corrected chi connectivity index (χ0v) is 9.05. The number of aliphatic carboxylic acids is 1. The van der Waals surface area contributed by atoms with E-state index in [4.69, 9.17) is 0 Å². The SMILES string of the molecule is C=CCn1cc[n+](C)c1.COCC(=O)[O-]. The molecule has 0 aliphatic heterocycles. The van der Waals surface area contributed by atoms with Crippen molar-refractivity contribution in [3.05, 3.63) is 31.4 Å². The molecule has 15 heavy (non-hydrogen) atoms. The lowest BCUT2D eigenvalue weighted by Gasteiger charge is -1.94. The van der Waals surface area contributed by atoms with Crippen LogP contribution >= 0.6 is 0 Å². The van der Waals surface area contributed by atoms with Gasteiger partial charge in [-0.15, -0.1) is 0 Å². The summed E-state index contributed by atoms with van der Waals surface area (Å²) in [7, 11) is 3.30. The van der Waals surface area contributed by atoms with E-state index in [2.05, 4.69) is 15.9 Å². The maximum atomic E-state index is 9.36. The average Bonchev–Trinajstić information content (AvgIpc) is 2.53. The second kappa shape index (κ2) is 7.75. The van der Waals surface area contributed by atoms with Crippen molar-refractivity contribution in [1.29, 1.82) is 0 Å². The molecule has 84 valence electrons. The fourth-order valence-corrected chi connectivity index (χ4v) is 0.877. The van der Waals surface area contributed by atoms with Crippen LogP contribution in [0.5, 0.6) is 0 Å². The first-order valence-corrected chi connectivity index (χ1v) is 4.40. The number of hydrogen-bond acceptors (Lipinski definition) is 3. The quantitative estimate of drug-likeness (QED) is 0.469. The third kappa shape index (κ3) is 7.45. The van der Waals surface area contributed by atoms with Crippen LogP contribution in [0.25, 0.3) is 0 Å². The second-order valence-corrected chi connectivity index (χ2v) is 2.87. The van der Waals surface area contributed by atoms with Crippen molar-refractivity contribution in [3.63, 3.8) is 0 Å². The number of carboxylic acid groups (broad SMARTS) is 1. The molecular formula is C10H16N2O3. The summed E-state index contributed by atoms with van der Waals surface area (Å²) < 4.78 is 8.21. The lowest BCUT2D eigenvalue weighted by atomic mass is 10.6. The van der Waals surface area contributed by atoms with Crippen molar-refractivity contribution in [3.8, 4) is 0 Å². The highest BCUT2D eigenvalue weighted by Crippen LogP contribution is 1.81. The summed E-state index contributed by atoms with van der Waals surface area (Å²) in [5, 5.41) is 9.36. The Morgan fingerprint density at radius 1 is 1.73 bits per heavy atom. The molecule has 0 aliphatic carbocycles. The van der Waals surface area contributed by atoms with Crippen molar-refractivity contribution < 1.29 is 19.2 Å². The van der Waals surface area contributed by atoms with E-state index in [1.165, 1.54) is 7.11 Å². The number of aryl methyl sites for hydroxylation is 1. The van der Waals surface area contributed by atoms with Gasteiger partial charge in [-0.2, -0.15) is 0 Å². The van der Waals surface area contributed by atoms with Crippen LogP contribution in [0.3, 0.4) is 0 Å². The van der Waals surface area contributed by atoms with Crippen molar-refractivity contribution in [1.82, 2.24) is 4.57 Å². The highest BCUT2D eigenvalue weighted by molar-refractivity contribution is 5.65. The van der Waals surface area contributed by atoms with E-state index in [0.29, 0.717) is 0 Å². The van der Waals surface area contributed by atoms with Gasteiger partial charge in [-0.25, -0.2) is 9.13 Å². The molecule has 0 amide bonds.